The van der Waals surface area contributed by atoms with E-state index in [-0.39, 0.29) is 18.7 Å². The third-order valence-electron chi connectivity index (χ3n) is 5.87. The van der Waals surface area contributed by atoms with Gasteiger partial charge in [0.25, 0.3) is 0 Å². The maximum absolute atomic E-state index is 11.4. The summed E-state index contributed by atoms with van der Waals surface area (Å²) in [6.07, 6.45) is 5.44. The smallest absolute Gasteiger partial charge is 0.303 e. The molecule has 0 aromatic heterocycles. The Bertz CT molecular complexity index is 637. The molecule has 0 saturated heterocycles. The van der Waals surface area contributed by atoms with Crippen LogP contribution in [0.25, 0.3) is 0 Å². The highest BCUT2D eigenvalue weighted by Crippen LogP contribution is 2.02. The third kappa shape index (κ3) is 41.3. The Kier molecular flexibility index (Phi) is 39.8. The lowest BCUT2D eigenvalue weighted by Gasteiger charge is -2.09. The number of hydrogen-bond donors (Lipinski definition) is 2. The number of alkyl halides is 1. The van der Waals surface area contributed by atoms with E-state index in [1.165, 1.54) is 23.7 Å². The highest BCUT2D eigenvalue weighted by molar-refractivity contribution is 14.1. The van der Waals surface area contributed by atoms with Crippen molar-refractivity contribution < 1.29 is 62.1 Å². The molecule has 1 amide bonds. The fourth-order valence-corrected chi connectivity index (χ4v) is 3.98. The summed E-state index contributed by atoms with van der Waals surface area (Å²) in [5, 5.41) is 11.2. The quantitative estimate of drug-likeness (QED) is 0.0532. The number of carboxylic acid groups (broad SMARTS) is 1. The van der Waals surface area contributed by atoms with Crippen molar-refractivity contribution in [2.24, 2.45) is 0 Å². The van der Waals surface area contributed by atoms with Gasteiger partial charge in [-0.3, -0.25) is 9.59 Å². The van der Waals surface area contributed by atoms with Crippen molar-refractivity contribution in [2.75, 3.05) is 143 Å². The molecule has 0 radical (unpaired) electrons. The molecule has 0 heterocycles. The molecule has 0 aliphatic heterocycles. The van der Waals surface area contributed by atoms with Crippen LogP contribution in [0.3, 0.4) is 0 Å². The zero-order valence-corrected chi connectivity index (χ0v) is 29.9. The minimum absolute atomic E-state index is 0.00747. The van der Waals surface area contributed by atoms with Crippen LogP contribution in [0.4, 0.5) is 0 Å². The van der Waals surface area contributed by atoms with Crippen LogP contribution in [-0.4, -0.2) is 160 Å². The van der Waals surface area contributed by atoms with E-state index in [4.69, 9.17) is 52.5 Å². The number of amides is 1. The molecule has 0 rings (SSSR count). The highest BCUT2D eigenvalue weighted by Gasteiger charge is 2.04. The average molecular weight is 782 g/mol. The molecule has 46 heavy (non-hydrogen) atoms. The number of rotatable bonds is 40. The maximum Gasteiger partial charge on any atom is 0.303 e. The van der Waals surface area contributed by atoms with Crippen LogP contribution in [0.5, 0.6) is 0 Å². The van der Waals surface area contributed by atoms with Crippen molar-refractivity contribution in [3.63, 3.8) is 0 Å². The van der Waals surface area contributed by atoms with Gasteiger partial charge in [-0.2, -0.15) is 0 Å². The summed E-state index contributed by atoms with van der Waals surface area (Å²) < 4.78 is 55.9. The van der Waals surface area contributed by atoms with Gasteiger partial charge < -0.3 is 57.8 Å². The van der Waals surface area contributed by atoms with Gasteiger partial charge in [-0.1, -0.05) is 35.4 Å². The number of unbranched alkanes of at least 4 members (excludes halogenated alkanes) is 3. The van der Waals surface area contributed by atoms with Gasteiger partial charge in [0.1, 0.15) is 0 Å². The standard InChI is InChI=1S/C31H60INO13/c32-8-3-1-2-4-10-37-12-14-39-16-18-41-20-22-43-24-26-45-28-29-46-27-25-44-23-21-42-19-17-40-15-13-38-11-5-9-33-30(34)6-7-31(35)36/h1-29H2,(H,33,34)(H,35,36). The number of ether oxygens (including phenoxy) is 10. The molecule has 15 heteroatoms. The van der Waals surface area contributed by atoms with Crippen molar-refractivity contribution in [2.45, 2.75) is 44.9 Å². The van der Waals surface area contributed by atoms with Gasteiger partial charge in [0, 0.05) is 26.2 Å². The van der Waals surface area contributed by atoms with Gasteiger partial charge in [-0.15, -0.1) is 0 Å². The molecule has 0 aliphatic carbocycles. The number of carbonyl (C=O) groups is 2. The Hall–Kier alpha value is -0.730. The topological polar surface area (TPSA) is 159 Å². The first-order valence-electron chi connectivity index (χ1n) is 16.5. The number of carbonyl (C=O) groups excluding carboxylic acids is 1. The first-order valence-corrected chi connectivity index (χ1v) is 18.0. The normalized spacial score (nSPS) is 11.3. The highest BCUT2D eigenvalue weighted by atomic mass is 127. The lowest BCUT2D eigenvalue weighted by molar-refractivity contribution is -0.138. The number of nitrogens with one attached hydrogen (secondary N) is 1. The molecule has 0 aliphatic rings. The minimum Gasteiger partial charge on any atom is -0.481 e. The van der Waals surface area contributed by atoms with Crippen LogP contribution in [0.2, 0.25) is 0 Å². The van der Waals surface area contributed by atoms with Crippen LogP contribution in [0.1, 0.15) is 44.9 Å². The molecule has 274 valence electrons. The van der Waals surface area contributed by atoms with E-state index >= 15 is 0 Å². The van der Waals surface area contributed by atoms with Gasteiger partial charge >= 0.3 is 5.97 Å². The fourth-order valence-electron chi connectivity index (χ4n) is 3.44. The molecule has 0 unspecified atom stereocenters. The van der Waals surface area contributed by atoms with Gasteiger partial charge in [-0.25, -0.2) is 0 Å². The summed E-state index contributed by atoms with van der Waals surface area (Å²) in [6.45, 7) is 11.0. The van der Waals surface area contributed by atoms with E-state index in [2.05, 4.69) is 27.9 Å². The van der Waals surface area contributed by atoms with E-state index in [0.29, 0.717) is 138 Å². The van der Waals surface area contributed by atoms with Gasteiger partial charge in [0.2, 0.25) is 5.91 Å². The van der Waals surface area contributed by atoms with Gasteiger partial charge in [-0.05, 0) is 23.7 Å². The summed E-state index contributed by atoms with van der Waals surface area (Å²) in [5.41, 5.74) is 0. The lowest BCUT2D eigenvalue weighted by Crippen LogP contribution is -2.25. The van der Waals surface area contributed by atoms with Crippen molar-refractivity contribution in [3.05, 3.63) is 0 Å². The molecular weight excluding hydrogens is 721 g/mol. The molecular formula is C31H60INO13. The molecule has 0 saturated carbocycles. The molecule has 0 aromatic rings. The number of halogens is 1. The Labute approximate surface area is 289 Å². The second kappa shape index (κ2) is 40.4. The van der Waals surface area contributed by atoms with E-state index in [1.807, 2.05) is 0 Å². The molecule has 2 N–H and O–H groups in total. The van der Waals surface area contributed by atoms with Crippen LogP contribution >= 0.6 is 22.6 Å². The van der Waals surface area contributed by atoms with Crippen LogP contribution in [-0.2, 0) is 57.0 Å². The summed E-state index contributed by atoms with van der Waals surface area (Å²) in [6, 6.07) is 0. The molecule has 14 nitrogen and oxygen atoms in total. The van der Waals surface area contributed by atoms with E-state index in [0.717, 1.165) is 13.0 Å². The second-order valence-electron chi connectivity index (χ2n) is 9.82. The summed E-state index contributed by atoms with van der Waals surface area (Å²) >= 11 is 2.41. The Morgan fingerprint density at radius 3 is 1.04 bits per heavy atom. The summed E-state index contributed by atoms with van der Waals surface area (Å²) in [4.78, 5) is 21.8. The van der Waals surface area contributed by atoms with Crippen molar-refractivity contribution in [1.29, 1.82) is 0 Å². The second-order valence-corrected chi connectivity index (χ2v) is 10.9. The lowest BCUT2D eigenvalue weighted by atomic mass is 10.2. The van der Waals surface area contributed by atoms with Crippen molar-refractivity contribution >= 4 is 34.5 Å². The Morgan fingerprint density at radius 2 is 0.717 bits per heavy atom. The number of aliphatic carboxylic acids is 1. The van der Waals surface area contributed by atoms with E-state index in [9.17, 15) is 9.59 Å². The monoisotopic (exact) mass is 781 g/mol. The van der Waals surface area contributed by atoms with E-state index in [1.54, 1.807) is 0 Å². The predicted molar refractivity (Wildman–Crippen MR) is 180 cm³/mol. The van der Waals surface area contributed by atoms with Crippen LogP contribution < -0.4 is 5.32 Å². The average Bonchev–Trinajstić information content (AvgIpc) is 3.05. The number of carboxylic acids is 1. The largest absolute Gasteiger partial charge is 0.481 e. The van der Waals surface area contributed by atoms with Gasteiger partial charge in [0.15, 0.2) is 0 Å². The minimum atomic E-state index is -0.980. The number of hydrogen-bond acceptors (Lipinski definition) is 12. The first-order chi connectivity index (χ1) is 22.7. The van der Waals surface area contributed by atoms with Crippen LogP contribution in [0.15, 0.2) is 0 Å². The Morgan fingerprint density at radius 1 is 0.413 bits per heavy atom. The zero-order valence-electron chi connectivity index (χ0n) is 27.7. The molecule has 0 atom stereocenters. The maximum atomic E-state index is 11.4. The molecule has 0 spiro atoms. The summed E-state index contributed by atoms with van der Waals surface area (Å²) in [7, 11) is 0. The van der Waals surface area contributed by atoms with Crippen molar-refractivity contribution in [3.8, 4) is 0 Å². The Balaban J connectivity index is 3.08. The molecule has 0 fully saturated rings. The first kappa shape index (κ1) is 45.3. The molecule has 0 bridgehead atoms. The third-order valence-corrected chi connectivity index (χ3v) is 6.64. The SMILES string of the molecule is O=C(O)CCC(=O)NCCCOCCOCCOCCOCCOCCOCCOCCOCCOCCOCCCCCCI. The van der Waals surface area contributed by atoms with E-state index < -0.39 is 5.97 Å². The summed E-state index contributed by atoms with van der Waals surface area (Å²) in [5.74, 6) is -1.24. The predicted octanol–water partition coefficient (Wildman–Crippen LogP) is 2.52. The van der Waals surface area contributed by atoms with Crippen molar-refractivity contribution in [1.82, 2.24) is 5.32 Å². The molecule has 0 aromatic carbocycles. The zero-order chi connectivity index (χ0) is 33.4. The fraction of sp³-hybridized carbons (Fsp3) is 0.935. The van der Waals surface area contributed by atoms with Crippen LogP contribution in [0, 0.1) is 0 Å². The van der Waals surface area contributed by atoms with Gasteiger partial charge in [0.05, 0.1) is 125 Å².